The number of aliphatic hydroxyl groups excluding tert-OH is 1. The van der Waals surface area contributed by atoms with E-state index in [9.17, 15) is 8.78 Å². The molecule has 0 radical (unpaired) electrons. The van der Waals surface area contributed by atoms with E-state index in [0.29, 0.717) is 5.75 Å². The molecular formula is C9H14F2N2O2S. The molecule has 1 N–H and O–H groups in total. The fourth-order valence-corrected chi connectivity index (χ4v) is 1.89. The van der Waals surface area contributed by atoms with Crippen LogP contribution < -0.4 is 0 Å². The number of thioether (sulfide) groups is 1. The van der Waals surface area contributed by atoms with Gasteiger partial charge in [0, 0.05) is 12.8 Å². The quantitative estimate of drug-likeness (QED) is 0.586. The largest absolute Gasteiger partial charge is 0.390 e. The summed E-state index contributed by atoms with van der Waals surface area (Å²) in [4.78, 5) is 4.08. The summed E-state index contributed by atoms with van der Waals surface area (Å²) < 4.78 is 29.9. The topological polar surface area (TPSA) is 47.3 Å². The number of halogens is 2. The molecule has 0 aliphatic rings. The number of hydrogen-bond acceptors (Lipinski definition) is 4. The number of rotatable bonds is 7. The summed E-state index contributed by atoms with van der Waals surface area (Å²) in [6.07, 6.45) is -0.832. The molecule has 0 bridgehead atoms. The second-order valence-corrected chi connectivity index (χ2v) is 4.13. The Hall–Kier alpha value is -0.660. The molecule has 0 aliphatic carbocycles. The van der Waals surface area contributed by atoms with E-state index in [-0.39, 0.29) is 13.2 Å². The van der Waals surface area contributed by atoms with E-state index in [1.807, 2.05) is 0 Å². The zero-order valence-corrected chi connectivity index (χ0v) is 9.71. The van der Waals surface area contributed by atoms with Crippen molar-refractivity contribution in [2.45, 2.75) is 18.2 Å². The molecule has 1 rings (SSSR count). The Kier molecular flexibility index (Phi) is 5.72. The highest BCUT2D eigenvalue weighted by Gasteiger charge is 2.06. The lowest BCUT2D eigenvalue weighted by molar-refractivity contribution is 0.0237. The van der Waals surface area contributed by atoms with Crippen LogP contribution in [0.3, 0.4) is 0 Å². The Labute approximate surface area is 96.6 Å². The number of aliphatic hydroxyl groups is 1. The summed E-state index contributed by atoms with van der Waals surface area (Å²) in [6, 6.07) is 0. The summed E-state index contributed by atoms with van der Waals surface area (Å²) >= 11 is 1.41. The number of imidazole rings is 1. The van der Waals surface area contributed by atoms with Crippen LogP contribution in [0.5, 0.6) is 0 Å². The van der Waals surface area contributed by atoms with Gasteiger partial charge in [-0.15, -0.1) is 0 Å². The van der Waals surface area contributed by atoms with Crippen LogP contribution in [0.4, 0.5) is 8.78 Å². The summed E-state index contributed by atoms with van der Waals surface area (Å²) in [5.41, 5.74) is 0.719. The lowest BCUT2D eigenvalue weighted by Crippen LogP contribution is -2.07. The number of nitrogens with zero attached hydrogens (tertiary/aromatic N) is 2. The molecule has 1 aromatic rings. The molecule has 92 valence electrons. The van der Waals surface area contributed by atoms with E-state index in [4.69, 9.17) is 9.84 Å². The van der Waals surface area contributed by atoms with Crippen molar-refractivity contribution in [2.75, 3.05) is 19.0 Å². The average molecular weight is 252 g/mol. The molecule has 0 atom stereocenters. The van der Waals surface area contributed by atoms with E-state index in [0.717, 1.165) is 10.9 Å². The minimum atomic E-state index is -2.42. The van der Waals surface area contributed by atoms with Crippen LogP contribution in [0.2, 0.25) is 0 Å². The second-order valence-electron chi connectivity index (χ2n) is 3.06. The van der Waals surface area contributed by atoms with Gasteiger partial charge >= 0.3 is 0 Å². The summed E-state index contributed by atoms with van der Waals surface area (Å²) in [5, 5.41) is 9.66. The molecule has 0 saturated heterocycles. The number of alkyl halides is 2. The first kappa shape index (κ1) is 13.4. The summed E-state index contributed by atoms with van der Waals surface area (Å²) in [6.45, 7) is -0.328. The van der Waals surface area contributed by atoms with Crippen molar-refractivity contribution in [1.29, 1.82) is 0 Å². The van der Waals surface area contributed by atoms with Gasteiger partial charge < -0.3 is 14.4 Å². The van der Waals surface area contributed by atoms with Gasteiger partial charge in [-0.1, -0.05) is 11.8 Å². The predicted octanol–water partition coefficient (Wildman–Crippen LogP) is 1.29. The molecule has 0 amide bonds. The Balaban J connectivity index is 2.24. The highest BCUT2D eigenvalue weighted by Crippen LogP contribution is 2.16. The van der Waals surface area contributed by atoms with Crippen LogP contribution in [0, 0.1) is 0 Å². The van der Waals surface area contributed by atoms with E-state index in [2.05, 4.69) is 4.98 Å². The third-order valence-electron chi connectivity index (χ3n) is 1.91. The third kappa shape index (κ3) is 4.07. The van der Waals surface area contributed by atoms with Crippen LogP contribution in [0.15, 0.2) is 11.4 Å². The minimum Gasteiger partial charge on any atom is -0.390 e. The van der Waals surface area contributed by atoms with E-state index >= 15 is 0 Å². The zero-order valence-electron chi connectivity index (χ0n) is 8.90. The minimum absolute atomic E-state index is 0.0635. The fraction of sp³-hybridized carbons (Fsp3) is 0.667. The van der Waals surface area contributed by atoms with Crippen LogP contribution >= 0.6 is 11.8 Å². The van der Waals surface area contributed by atoms with Crippen molar-refractivity contribution in [3.8, 4) is 0 Å². The van der Waals surface area contributed by atoms with Gasteiger partial charge in [-0.2, -0.15) is 0 Å². The first-order valence-corrected chi connectivity index (χ1v) is 5.74. The lowest BCUT2D eigenvalue weighted by atomic mass is 10.5. The summed E-state index contributed by atoms with van der Waals surface area (Å²) in [7, 11) is 1.79. The van der Waals surface area contributed by atoms with E-state index < -0.39 is 13.0 Å². The third-order valence-corrected chi connectivity index (χ3v) is 2.91. The standard InChI is InChI=1S/C9H14F2N2O2S/c1-13-7(5-14)4-12-9(13)16-3-2-15-6-8(10)11/h4,8,14H,2-3,5-6H2,1H3. The van der Waals surface area contributed by atoms with Crippen LogP contribution in [0.1, 0.15) is 5.69 Å². The van der Waals surface area contributed by atoms with Crippen LogP contribution in [0.25, 0.3) is 0 Å². The Bertz CT molecular complexity index is 320. The lowest BCUT2D eigenvalue weighted by Gasteiger charge is -2.04. The molecular weight excluding hydrogens is 238 g/mol. The normalized spacial score (nSPS) is 11.3. The van der Waals surface area contributed by atoms with Crippen molar-refractivity contribution in [3.63, 3.8) is 0 Å². The molecule has 4 nitrogen and oxygen atoms in total. The first-order valence-electron chi connectivity index (χ1n) is 4.75. The molecule has 0 saturated carbocycles. The Morgan fingerprint density at radius 1 is 1.62 bits per heavy atom. The van der Waals surface area contributed by atoms with E-state index in [1.165, 1.54) is 11.8 Å². The van der Waals surface area contributed by atoms with Gasteiger partial charge in [0.15, 0.2) is 5.16 Å². The average Bonchev–Trinajstić information content (AvgIpc) is 2.59. The predicted molar refractivity (Wildman–Crippen MR) is 56.7 cm³/mol. The monoisotopic (exact) mass is 252 g/mol. The van der Waals surface area contributed by atoms with Gasteiger partial charge in [-0.3, -0.25) is 0 Å². The molecule has 0 aliphatic heterocycles. The second kappa shape index (κ2) is 6.82. The van der Waals surface area contributed by atoms with Crippen LogP contribution in [-0.4, -0.2) is 40.0 Å². The molecule has 7 heteroatoms. The number of ether oxygens (including phenoxy) is 1. The van der Waals surface area contributed by atoms with Gasteiger partial charge in [0.25, 0.3) is 6.43 Å². The van der Waals surface area contributed by atoms with Gasteiger partial charge in [0.05, 0.1) is 25.1 Å². The number of hydrogen-bond donors (Lipinski definition) is 1. The SMILES string of the molecule is Cn1c(CO)cnc1SCCOCC(F)F. The maximum absolute atomic E-state index is 11.7. The van der Waals surface area contributed by atoms with Crippen molar-refractivity contribution < 1.29 is 18.6 Å². The van der Waals surface area contributed by atoms with Crippen LogP contribution in [-0.2, 0) is 18.4 Å². The smallest absolute Gasteiger partial charge is 0.261 e. The van der Waals surface area contributed by atoms with E-state index in [1.54, 1.807) is 17.8 Å². The van der Waals surface area contributed by atoms with Gasteiger partial charge in [0.1, 0.15) is 6.61 Å². The zero-order chi connectivity index (χ0) is 12.0. The van der Waals surface area contributed by atoms with Crippen molar-refractivity contribution in [2.24, 2.45) is 7.05 Å². The van der Waals surface area contributed by atoms with Gasteiger partial charge in [-0.25, -0.2) is 13.8 Å². The van der Waals surface area contributed by atoms with Gasteiger partial charge in [-0.05, 0) is 0 Å². The van der Waals surface area contributed by atoms with Crippen molar-refractivity contribution in [3.05, 3.63) is 11.9 Å². The van der Waals surface area contributed by atoms with Gasteiger partial charge in [0.2, 0.25) is 0 Å². The Morgan fingerprint density at radius 2 is 2.38 bits per heavy atom. The highest BCUT2D eigenvalue weighted by molar-refractivity contribution is 7.99. The molecule has 16 heavy (non-hydrogen) atoms. The maximum atomic E-state index is 11.7. The number of aromatic nitrogens is 2. The van der Waals surface area contributed by atoms with Crippen molar-refractivity contribution in [1.82, 2.24) is 9.55 Å². The molecule has 1 heterocycles. The maximum Gasteiger partial charge on any atom is 0.261 e. The first-order chi connectivity index (χ1) is 7.65. The molecule has 0 aromatic carbocycles. The van der Waals surface area contributed by atoms with Crippen molar-refractivity contribution >= 4 is 11.8 Å². The molecule has 0 unspecified atom stereocenters. The summed E-state index contributed by atoms with van der Waals surface area (Å²) in [5.74, 6) is 0.558. The highest BCUT2D eigenvalue weighted by atomic mass is 32.2. The molecule has 0 spiro atoms. The molecule has 0 fully saturated rings. The fourth-order valence-electron chi connectivity index (χ4n) is 1.07. The Morgan fingerprint density at radius 3 is 2.94 bits per heavy atom. The molecule has 1 aromatic heterocycles.